The highest BCUT2D eigenvalue weighted by molar-refractivity contribution is 5.90. The number of carbonyl (C=O) groups is 1. The number of amides is 2. The number of carbonyl (C=O) groups excluding carboxylic acids is 1. The molecule has 1 unspecified atom stereocenters. The predicted octanol–water partition coefficient (Wildman–Crippen LogP) is 2.32. The molecule has 0 aliphatic carbocycles. The SMILES string of the molecule is Cc1ccccc1NC(=O)N1CCN(CC2CCCO2)CC1. The molecule has 5 nitrogen and oxygen atoms in total. The molecule has 2 saturated heterocycles. The summed E-state index contributed by atoms with van der Waals surface area (Å²) in [6.07, 6.45) is 2.75. The maximum Gasteiger partial charge on any atom is 0.321 e. The van der Waals surface area contributed by atoms with E-state index in [2.05, 4.69) is 10.2 Å². The summed E-state index contributed by atoms with van der Waals surface area (Å²) in [5.74, 6) is 0. The normalized spacial score (nSPS) is 22.8. The maximum absolute atomic E-state index is 12.3. The second kappa shape index (κ2) is 7.11. The Morgan fingerprint density at radius 3 is 2.73 bits per heavy atom. The van der Waals surface area contributed by atoms with Crippen molar-refractivity contribution in [2.75, 3.05) is 44.6 Å². The zero-order chi connectivity index (χ0) is 15.4. The number of para-hydroxylation sites is 1. The van der Waals surface area contributed by atoms with E-state index >= 15 is 0 Å². The van der Waals surface area contributed by atoms with E-state index in [1.807, 2.05) is 36.1 Å². The molecule has 0 spiro atoms. The van der Waals surface area contributed by atoms with Crippen LogP contribution >= 0.6 is 0 Å². The number of rotatable bonds is 3. The number of anilines is 1. The van der Waals surface area contributed by atoms with Gasteiger partial charge >= 0.3 is 6.03 Å². The number of urea groups is 1. The van der Waals surface area contributed by atoms with Crippen molar-refractivity contribution < 1.29 is 9.53 Å². The molecule has 0 radical (unpaired) electrons. The zero-order valence-corrected chi connectivity index (χ0v) is 13.3. The van der Waals surface area contributed by atoms with E-state index in [9.17, 15) is 4.79 Å². The van der Waals surface area contributed by atoms with Gasteiger partial charge in [-0.2, -0.15) is 0 Å². The Balaban J connectivity index is 1.46. The molecular formula is C17H25N3O2. The van der Waals surface area contributed by atoms with Gasteiger partial charge in [0.15, 0.2) is 0 Å². The molecule has 1 N–H and O–H groups in total. The summed E-state index contributed by atoms with van der Waals surface area (Å²) in [5, 5.41) is 3.01. The van der Waals surface area contributed by atoms with Gasteiger partial charge in [0.2, 0.25) is 0 Å². The topological polar surface area (TPSA) is 44.8 Å². The molecular weight excluding hydrogens is 278 g/mol. The first kappa shape index (κ1) is 15.3. The lowest BCUT2D eigenvalue weighted by Crippen LogP contribution is -2.51. The summed E-state index contributed by atoms with van der Waals surface area (Å²) >= 11 is 0. The van der Waals surface area contributed by atoms with Crippen molar-refractivity contribution in [3.8, 4) is 0 Å². The number of nitrogens with one attached hydrogen (secondary N) is 1. The molecule has 5 heteroatoms. The van der Waals surface area contributed by atoms with Crippen LogP contribution in [0.4, 0.5) is 10.5 Å². The number of benzene rings is 1. The number of piperazine rings is 1. The van der Waals surface area contributed by atoms with E-state index in [1.165, 1.54) is 12.8 Å². The molecule has 0 aromatic heterocycles. The number of nitrogens with zero attached hydrogens (tertiary/aromatic N) is 2. The summed E-state index contributed by atoms with van der Waals surface area (Å²) in [4.78, 5) is 16.7. The van der Waals surface area contributed by atoms with Crippen LogP contribution in [0.3, 0.4) is 0 Å². The Hall–Kier alpha value is -1.59. The standard InChI is InChI=1S/C17H25N3O2/c1-14-5-2-3-7-16(14)18-17(21)20-10-8-19(9-11-20)13-15-6-4-12-22-15/h2-3,5,7,15H,4,6,8-13H2,1H3,(H,18,21). The van der Waals surface area contributed by atoms with Gasteiger partial charge in [0.1, 0.15) is 0 Å². The van der Waals surface area contributed by atoms with E-state index in [0.29, 0.717) is 6.10 Å². The van der Waals surface area contributed by atoms with Gasteiger partial charge in [-0.05, 0) is 31.4 Å². The van der Waals surface area contributed by atoms with Crippen molar-refractivity contribution in [3.63, 3.8) is 0 Å². The third kappa shape index (κ3) is 3.78. The molecule has 0 bridgehead atoms. The third-order valence-electron chi connectivity index (χ3n) is 4.53. The zero-order valence-electron chi connectivity index (χ0n) is 13.3. The van der Waals surface area contributed by atoms with E-state index in [4.69, 9.17) is 4.74 Å². The average Bonchev–Trinajstić information content (AvgIpc) is 3.03. The Bertz CT molecular complexity index is 506. The highest BCUT2D eigenvalue weighted by atomic mass is 16.5. The molecule has 1 atom stereocenters. The highest BCUT2D eigenvalue weighted by Crippen LogP contribution is 2.16. The van der Waals surface area contributed by atoms with Crippen LogP contribution in [0, 0.1) is 6.92 Å². The van der Waals surface area contributed by atoms with Crippen molar-refractivity contribution in [1.29, 1.82) is 0 Å². The molecule has 1 aromatic carbocycles. The van der Waals surface area contributed by atoms with Crippen molar-refractivity contribution in [3.05, 3.63) is 29.8 Å². The van der Waals surface area contributed by atoms with Crippen LogP contribution in [0.25, 0.3) is 0 Å². The molecule has 2 fully saturated rings. The Morgan fingerprint density at radius 1 is 1.27 bits per heavy atom. The van der Waals surface area contributed by atoms with Gasteiger partial charge in [0, 0.05) is 45.0 Å². The predicted molar refractivity (Wildman–Crippen MR) is 87.2 cm³/mol. The number of hydrogen-bond acceptors (Lipinski definition) is 3. The fraction of sp³-hybridized carbons (Fsp3) is 0.588. The molecule has 22 heavy (non-hydrogen) atoms. The lowest BCUT2D eigenvalue weighted by atomic mass is 10.2. The van der Waals surface area contributed by atoms with Crippen LogP contribution in [-0.4, -0.2) is 61.3 Å². The van der Waals surface area contributed by atoms with Crippen molar-refractivity contribution in [2.24, 2.45) is 0 Å². The third-order valence-corrected chi connectivity index (χ3v) is 4.53. The number of aryl methyl sites for hydroxylation is 1. The number of hydrogen-bond donors (Lipinski definition) is 1. The molecule has 0 saturated carbocycles. The Labute approximate surface area is 132 Å². The highest BCUT2D eigenvalue weighted by Gasteiger charge is 2.24. The van der Waals surface area contributed by atoms with E-state index in [-0.39, 0.29) is 6.03 Å². The lowest BCUT2D eigenvalue weighted by molar-refractivity contribution is 0.0572. The minimum atomic E-state index is 0.00562. The monoisotopic (exact) mass is 303 g/mol. The fourth-order valence-corrected chi connectivity index (χ4v) is 3.12. The van der Waals surface area contributed by atoms with Crippen molar-refractivity contribution >= 4 is 11.7 Å². The number of ether oxygens (including phenoxy) is 1. The van der Waals surface area contributed by atoms with E-state index in [1.54, 1.807) is 0 Å². The minimum Gasteiger partial charge on any atom is -0.377 e. The van der Waals surface area contributed by atoms with Crippen molar-refractivity contribution in [2.45, 2.75) is 25.9 Å². The van der Waals surface area contributed by atoms with Gasteiger partial charge in [-0.15, -0.1) is 0 Å². The molecule has 3 rings (SSSR count). The quantitative estimate of drug-likeness (QED) is 0.932. The lowest BCUT2D eigenvalue weighted by Gasteiger charge is -2.35. The molecule has 2 aliphatic heterocycles. The van der Waals surface area contributed by atoms with Gasteiger partial charge in [0.25, 0.3) is 0 Å². The van der Waals surface area contributed by atoms with Gasteiger partial charge < -0.3 is 15.0 Å². The summed E-state index contributed by atoms with van der Waals surface area (Å²) in [6, 6.07) is 7.89. The van der Waals surface area contributed by atoms with E-state index < -0.39 is 0 Å². The average molecular weight is 303 g/mol. The first-order chi connectivity index (χ1) is 10.7. The van der Waals surface area contributed by atoms with Gasteiger partial charge in [-0.3, -0.25) is 4.90 Å². The Morgan fingerprint density at radius 2 is 2.05 bits per heavy atom. The molecule has 2 aliphatic rings. The summed E-state index contributed by atoms with van der Waals surface area (Å²) in [7, 11) is 0. The van der Waals surface area contributed by atoms with Crippen LogP contribution < -0.4 is 5.32 Å². The molecule has 1 aromatic rings. The molecule has 2 amide bonds. The van der Waals surface area contributed by atoms with Gasteiger partial charge in [-0.1, -0.05) is 18.2 Å². The van der Waals surface area contributed by atoms with Crippen molar-refractivity contribution in [1.82, 2.24) is 9.80 Å². The van der Waals surface area contributed by atoms with Crippen LogP contribution in [-0.2, 0) is 4.74 Å². The Kier molecular flexibility index (Phi) is 4.95. The smallest absolute Gasteiger partial charge is 0.321 e. The van der Waals surface area contributed by atoms with Gasteiger partial charge in [-0.25, -0.2) is 4.79 Å². The summed E-state index contributed by atoms with van der Waals surface area (Å²) in [5.41, 5.74) is 1.99. The van der Waals surface area contributed by atoms with E-state index in [0.717, 1.165) is 50.6 Å². The van der Waals surface area contributed by atoms with Crippen LogP contribution in [0.15, 0.2) is 24.3 Å². The summed E-state index contributed by atoms with van der Waals surface area (Å²) < 4.78 is 5.69. The van der Waals surface area contributed by atoms with Crippen LogP contribution in [0.2, 0.25) is 0 Å². The second-order valence-electron chi connectivity index (χ2n) is 6.17. The second-order valence-corrected chi connectivity index (χ2v) is 6.17. The van der Waals surface area contributed by atoms with Crippen LogP contribution in [0.5, 0.6) is 0 Å². The van der Waals surface area contributed by atoms with Gasteiger partial charge in [0.05, 0.1) is 6.10 Å². The summed E-state index contributed by atoms with van der Waals surface area (Å²) in [6.45, 7) is 7.35. The maximum atomic E-state index is 12.3. The first-order valence-electron chi connectivity index (χ1n) is 8.18. The largest absolute Gasteiger partial charge is 0.377 e. The first-order valence-corrected chi connectivity index (χ1v) is 8.18. The molecule has 120 valence electrons. The fourth-order valence-electron chi connectivity index (χ4n) is 3.12. The van der Waals surface area contributed by atoms with Crippen LogP contribution in [0.1, 0.15) is 18.4 Å². The minimum absolute atomic E-state index is 0.00562. The molecule has 2 heterocycles.